The molecule has 3 atom stereocenters. The molecule has 3 nitrogen and oxygen atoms in total. The molecular weight excluding hydrogens is 304 g/mol. The Kier molecular flexibility index (Phi) is 6.02. The standard InChI is InChI=1S/C14H20F3O3P/c1-4-10(3)20-21(18,19)13(5-2)11-7-6-8-12(9-11)14(15,16)17/h6-10,13H,4-5H2,1-3H3,(H,18,19). The van der Waals surface area contributed by atoms with Crippen LogP contribution in [0.1, 0.15) is 50.4 Å². The summed E-state index contributed by atoms with van der Waals surface area (Å²) < 4.78 is 55.7. The van der Waals surface area contributed by atoms with Gasteiger partial charge < -0.3 is 9.42 Å². The zero-order valence-corrected chi connectivity index (χ0v) is 13.1. The highest BCUT2D eigenvalue weighted by Crippen LogP contribution is 2.59. The second kappa shape index (κ2) is 6.95. The van der Waals surface area contributed by atoms with Gasteiger partial charge in [-0.25, -0.2) is 0 Å². The van der Waals surface area contributed by atoms with E-state index in [1.165, 1.54) is 12.1 Å². The maximum absolute atomic E-state index is 12.7. The van der Waals surface area contributed by atoms with E-state index < -0.39 is 31.1 Å². The highest BCUT2D eigenvalue weighted by atomic mass is 31.2. The van der Waals surface area contributed by atoms with Crippen LogP contribution in [0.3, 0.4) is 0 Å². The third kappa shape index (κ3) is 4.83. The Hall–Kier alpha value is -0.840. The first kappa shape index (κ1) is 18.2. The molecule has 1 N–H and O–H groups in total. The lowest BCUT2D eigenvalue weighted by atomic mass is 10.1. The SMILES string of the molecule is CCC(C)OP(=O)(O)C(CC)c1cccc(C(F)(F)F)c1. The van der Waals surface area contributed by atoms with Gasteiger partial charge in [0.1, 0.15) is 0 Å². The highest BCUT2D eigenvalue weighted by Gasteiger charge is 2.36. The van der Waals surface area contributed by atoms with Crippen molar-refractivity contribution in [2.45, 2.75) is 51.6 Å². The first-order chi connectivity index (χ1) is 9.61. The summed E-state index contributed by atoms with van der Waals surface area (Å²) in [6, 6.07) is 4.52. The average Bonchev–Trinajstić information content (AvgIpc) is 2.37. The zero-order chi connectivity index (χ0) is 16.3. The molecule has 0 saturated carbocycles. The number of alkyl halides is 3. The van der Waals surface area contributed by atoms with E-state index in [1.54, 1.807) is 20.8 Å². The van der Waals surface area contributed by atoms with Crippen molar-refractivity contribution in [2.24, 2.45) is 0 Å². The van der Waals surface area contributed by atoms with E-state index in [-0.39, 0.29) is 12.0 Å². The minimum atomic E-state index is -4.48. The van der Waals surface area contributed by atoms with E-state index in [0.29, 0.717) is 6.42 Å². The summed E-state index contributed by atoms with van der Waals surface area (Å²) in [7, 11) is -4.04. The largest absolute Gasteiger partial charge is 0.416 e. The van der Waals surface area contributed by atoms with E-state index in [2.05, 4.69) is 0 Å². The molecule has 0 fully saturated rings. The van der Waals surface area contributed by atoms with Gasteiger partial charge in [-0.1, -0.05) is 32.0 Å². The molecule has 21 heavy (non-hydrogen) atoms. The Morgan fingerprint density at radius 1 is 1.29 bits per heavy atom. The lowest BCUT2D eigenvalue weighted by Crippen LogP contribution is -2.11. The molecule has 1 rings (SSSR count). The fraction of sp³-hybridized carbons (Fsp3) is 0.571. The molecule has 0 aliphatic rings. The summed E-state index contributed by atoms with van der Waals surface area (Å²) >= 11 is 0. The van der Waals surface area contributed by atoms with Crippen molar-refractivity contribution in [1.29, 1.82) is 0 Å². The van der Waals surface area contributed by atoms with Crippen LogP contribution < -0.4 is 0 Å². The summed E-state index contributed by atoms with van der Waals surface area (Å²) in [5, 5.41) is 0. The van der Waals surface area contributed by atoms with Crippen LogP contribution in [0.25, 0.3) is 0 Å². The Balaban J connectivity index is 3.13. The van der Waals surface area contributed by atoms with Gasteiger partial charge >= 0.3 is 13.8 Å². The van der Waals surface area contributed by atoms with Crippen molar-refractivity contribution in [1.82, 2.24) is 0 Å². The summed E-state index contributed by atoms with van der Waals surface area (Å²) in [5.41, 5.74) is -1.63. The summed E-state index contributed by atoms with van der Waals surface area (Å²) in [4.78, 5) is 10.1. The van der Waals surface area contributed by atoms with Crippen LogP contribution in [-0.2, 0) is 15.3 Å². The fourth-order valence-electron chi connectivity index (χ4n) is 1.98. The van der Waals surface area contributed by atoms with E-state index in [9.17, 15) is 22.6 Å². The van der Waals surface area contributed by atoms with Gasteiger partial charge in [0.25, 0.3) is 0 Å². The molecule has 0 aromatic heterocycles. The molecule has 1 aromatic carbocycles. The second-order valence-electron chi connectivity index (χ2n) is 4.94. The second-order valence-corrected chi connectivity index (χ2v) is 6.90. The molecule has 0 aliphatic heterocycles. The van der Waals surface area contributed by atoms with Gasteiger partial charge in [0.15, 0.2) is 0 Å². The molecule has 7 heteroatoms. The van der Waals surface area contributed by atoms with E-state index >= 15 is 0 Å². The Labute approximate surface area is 122 Å². The first-order valence-electron chi connectivity index (χ1n) is 6.79. The maximum atomic E-state index is 12.7. The predicted molar refractivity (Wildman–Crippen MR) is 75.1 cm³/mol. The highest BCUT2D eigenvalue weighted by molar-refractivity contribution is 7.53. The topological polar surface area (TPSA) is 46.5 Å². The lowest BCUT2D eigenvalue weighted by Gasteiger charge is -2.25. The fourth-order valence-corrected chi connectivity index (χ4v) is 3.79. The summed E-state index contributed by atoms with van der Waals surface area (Å²) in [6.07, 6.45) is -4.15. The third-order valence-corrected chi connectivity index (χ3v) is 5.40. The number of halogens is 3. The van der Waals surface area contributed by atoms with Gasteiger partial charge in [0.05, 0.1) is 17.3 Å². The molecule has 0 aliphatic carbocycles. The number of hydrogen-bond acceptors (Lipinski definition) is 2. The van der Waals surface area contributed by atoms with Crippen LogP contribution in [0, 0.1) is 0 Å². The monoisotopic (exact) mass is 324 g/mol. The molecule has 1 aromatic rings. The first-order valence-corrected chi connectivity index (χ1v) is 8.44. The van der Waals surface area contributed by atoms with Crippen molar-refractivity contribution in [3.05, 3.63) is 35.4 Å². The van der Waals surface area contributed by atoms with Crippen LogP contribution >= 0.6 is 7.60 Å². The molecule has 0 heterocycles. The van der Waals surface area contributed by atoms with Crippen LogP contribution in [0.15, 0.2) is 24.3 Å². The quantitative estimate of drug-likeness (QED) is 0.736. The smallest absolute Gasteiger partial charge is 0.324 e. The van der Waals surface area contributed by atoms with E-state index in [1.807, 2.05) is 0 Å². The minimum absolute atomic E-state index is 0.168. The molecule has 0 bridgehead atoms. The van der Waals surface area contributed by atoms with Crippen molar-refractivity contribution in [2.75, 3.05) is 0 Å². The number of rotatable bonds is 6. The van der Waals surface area contributed by atoms with Crippen LogP contribution in [0.4, 0.5) is 13.2 Å². The molecule has 3 unspecified atom stereocenters. The molecule has 0 saturated heterocycles. The van der Waals surface area contributed by atoms with Gasteiger partial charge in [-0.3, -0.25) is 4.57 Å². The lowest BCUT2D eigenvalue weighted by molar-refractivity contribution is -0.137. The summed E-state index contributed by atoms with van der Waals surface area (Å²) in [6.45, 7) is 5.10. The predicted octanol–water partition coefficient (Wildman–Crippen LogP) is 5.16. The normalized spacial score (nSPS) is 18.0. The van der Waals surface area contributed by atoms with Gasteiger partial charge in [0.2, 0.25) is 0 Å². The van der Waals surface area contributed by atoms with Crippen molar-refractivity contribution < 1.29 is 27.2 Å². The minimum Gasteiger partial charge on any atom is -0.324 e. The Morgan fingerprint density at radius 3 is 2.38 bits per heavy atom. The molecular formula is C14H20F3O3P. The van der Waals surface area contributed by atoms with Crippen LogP contribution in [0.2, 0.25) is 0 Å². The molecule has 0 radical (unpaired) electrons. The van der Waals surface area contributed by atoms with Gasteiger partial charge in [-0.15, -0.1) is 0 Å². The van der Waals surface area contributed by atoms with Gasteiger partial charge in [-0.2, -0.15) is 13.2 Å². The Bertz CT molecular complexity index is 516. The third-order valence-electron chi connectivity index (χ3n) is 3.29. The van der Waals surface area contributed by atoms with Gasteiger partial charge in [-0.05, 0) is 31.4 Å². The molecule has 0 spiro atoms. The van der Waals surface area contributed by atoms with E-state index in [0.717, 1.165) is 12.1 Å². The van der Waals surface area contributed by atoms with Crippen molar-refractivity contribution in [3.63, 3.8) is 0 Å². The van der Waals surface area contributed by atoms with Crippen molar-refractivity contribution in [3.8, 4) is 0 Å². The van der Waals surface area contributed by atoms with Gasteiger partial charge in [0, 0.05) is 0 Å². The van der Waals surface area contributed by atoms with E-state index in [4.69, 9.17) is 4.52 Å². The maximum Gasteiger partial charge on any atom is 0.416 e. The molecule has 0 amide bonds. The van der Waals surface area contributed by atoms with Crippen LogP contribution in [0.5, 0.6) is 0 Å². The van der Waals surface area contributed by atoms with Crippen LogP contribution in [-0.4, -0.2) is 11.0 Å². The molecule has 120 valence electrons. The Morgan fingerprint density at radius 2 is 1.90 bits per heavy atom. The number of benzene rings is 1. The average molecular weight is 324 g/mol. The summed E-state index contributed by atoms with van der Waals surface area (Å²) in [5.74, 6) is 0. The van der Waals surface area contributed by atoms with Crippen molar-refractivity contribution >= 4 is 7.60 Å². The zero-order valence-electron chi connectivity index (χ0n) is 12.2. The number of hydrogen-bond donors (Lipinski definition) is 1.